The molecule has 0 amide bonds. The zero-order valence-electron chi connectivity index (χ0n) is 8.87. The van der Waals surface area contributed by atoms with Crippen LogP contribution in [-0.4, -0.2) is 4.92 Å². The molecule has 1 rings (SSSR count). The highest BCUT2D eigenvalue weighted by Gasteiger charge is 2.13. The van der Waals surface area contributed by atoms with E-state index >= 15 is 0 Å². The Bertz CT molecular complexity index is 366. The molecule has 0 aliphatic rings. The maximum absolute atomic E-state index is 10.6. The standard InChI is InChI=1S/C11H14ClNO2/c1-3-8(2)11-5-4-10(13(14)15)6-9(11)7-12/h4-6,8H,3,7H2,1-2H3/t8-/m0/s1. The Balaban J connectivity index is 3.14. The number of non-ortho nitro benzene ring substituents is 1. The molecule has 1 atom stereocenters. The van der Waals surface area contributed by atoms with E-state index in [0.717, 1.165) is 17.5 Å². The largest absolute Gasteiger partial charge is 0.269 e. The summed E-state index contributed by atoms with van der Waals surface area (Å²) in [6, 6.07) is 4.91. The fourth-order valence-electron chi connectivity index (χ4n) is 1.52. The van der Waals surface area contributed by atoms with Crippen LogP contribution < -0.4 is 0 Å². The van der Waals surface area contributed by atoms with Crippen molar-refractivity contribution in [3.63, 3.8) is 0 Å². The van der Waals surface area contributed by atoms with Crippen molar-refractivity contribution in [1.82, 2.24) is 0 Å². The summed E-state index contributed by atoms with van der Waals surface area (Å²) < 4.78 is 0. The first kappa shape index (κ1) is 12.0. The summed E-state index contributed by atoms with van der Waals surface area (Å²) in [5.74, 6) is 0.709. The van der Waals surface area contributed by atoms with Crippen LogP contribution in [0.5, 0.6) is 0 Å². The zero-order chi connectivity index (χ0) is 11.4. The average molecular weight is 228 g/mol. The minimum Gasteiger partial charge on any atom is -0.258 e. The Morgan fingerprint density at radius 2 is 2.20 bits per heavy atom. The molecule has 0 heterocycles. The van der Waals surface area contributed by atoms with Gasteiger partial charge in [-0.2, -0.15) is 0 Å². The summed E-state index contributed by atoms with van der Waals surface area (Å²) in [6.07, 6.45) is 1.00. The number of hydrogen-bond acceptors (Lipinski definition) is 2. The highest BCUT2D eigenvalue weighted by molar-refractivity contribution is 6.17. The minimum atomic E-state index is -0.392. The smallest absolute Gasteiger partial charge is 0.258 e. The molecule has 0 radical (unpaired) electrons. The van der Waals surface area contributed by atoms with E-state index in [-0.39, 0.29) is 5.69 Å². The third-order valence-corrected chi connectivity index (χ3v) is 2.91. The maximum Gasteiger partial charge on any atom is 0.269 e. The lowest BCUT2D eigenvalue weighted by atomic mass is 9.94. The van der Waals surface area contributed by atoms with Gasteiger partial charge in [0, 0.05) is 18.0 Å². The van der Waals surface area contributed by atoms with Gasteiger partial charge in [-0.25, -0.2) is 0 Å². The van der Waals surface area contributed by atoms with E-state index < -0.39 is 4.92 Å². The second-order valence-corrected chi connectivity index (χ2v) is 3.85. The van der Waals surface area contributed by atoms with Crippen LogP contribution in [0.1, 0.15) is 37.3 Å². The van der Waals surface area contributed by atoms with E-state index in [9.17, 15) is 10.1 Å². The van der Waals surface area contributed by atoms with Gasteiger partial charge in [0.25, 0.3) is 5.69 Å². The van der Waals surface area contributed by atoms with Gasteiger partial charge in [0.2, 0.25) is 0 Å². The van der Waals surface area contributed by atoms with Crippen molar-refractivity contribution < 1.29 is 4.92 Å². The van der Waals surface area contributed by atoms with Crippen molar-refractivity contribution in [2.45, 2.75) is 32.1 Å². The Morgan fingerprint density at radius 3 is 2.67 bits per heavy atom. The molecule has 3 nitrogen and oxygen atoms in total. The molecular formula is C11H14ClNO2. The predicted molar refractivity (Wildman–Crippen MR) is 61.4 cm³/mol. The van der Waals surface area contributed by atoms with Gasteiger partial charge in [-0.1, -0.05) is 19.9 Å². The van der Waals surface area contributed by atoms with E-state index in [1.54, 1.807) is 6.07 Å². The molecule has 1 aromatic carbocycles. The number of hydrogen-bond donors (Lipinski definition) is 0. The summed E-state index contributed by atoms with van der Waals surface area (Å²) in [4.78, 5) is 10.2. The molecule has 0 aromatic heterocycles. The van der Waals surface area contributed by atoms with Crippen molar-refractivity contribution in [3.8, 4) is 0 Å². The molecule has 0 saturated carbocycles. The van der Waals surface area contributed by atoms with E-state index in [1.807, 2.05) is 6.07 Å². The van der Waals surface area contributed by atoms with Gasteiger partial charge in [0.05, 0.1) is 4.92 Å². The van der Waals surface area contributed by atoms with Crippen molar-refractivity contribution >= 4 is 17.3 Å². The average Bonchev–Trinajstić information content (AvgIpc) is 2.27. The first-order chi connectivity index (χ1) is 7.10. The van der Waals surface area contributed by atoms with E-state index in [1.165, 1.54) is 6.07 Å². The fraction of sp³-hybridized carbons (Fsp3) is 0.455. The molecule has 0 unspecified atom stereocenters. The van der Waals surface area contributed by atoms with E-state index in [0.29, 0.717) is 11.8 Å². The SMILES string of the molecule is CC[C@H](C)c1ccc([N+](=O)[O-])cc1CCl. The number of nitro benzene ring substituents is 1. The summed E-state index contributed by atoms with van der Waals surface area (Å²) in [5.41, 5.74) is 2.08. The quantitative estimate of drug-likeness (QED) is 0.446. The molecule has 82 valence electrons. The summed E-state index contributed by atoms with van der Waals surface area (Å²) in [5, 5.41) is 10.6. The van der Waals surface area contributed by atoms with Crippen molar-refractivity contribution in [2.75, 3.05) is 0 Å². The van der Waals surface area contributed by atoms with Crippen LogP contribution in [0, 0.1) is 10.1 Å². The fourth-order valence-corrected chi connectivity index (χ4v) is 1.75. The lowest BCUT2D eigenvalue weighted by molar-refractivity contribution is -0.384. The van der Waals surface area contributed by atoms with Gasteiger partial charge < -0.3 is 0 Å². The first-order valence-corrected chi connectivity index (χ1v) is 5.46. The van der Waals surface area contributed by atoms with E-state index in [4.69, 9.17) is 11.6 Å². The van der Waals surface area contributed by atoms with Gasteiger partial charge in [-0.15, -0.1) is 11.6 Å². The third-order valence-electron chi connectivity index (χ3n) is 2.62. The number of halogens is 1. The molecule has 0 spiro atoms. The topological polar surface area (TPSA) is 43.1 Å². The van der Waals surface area contributed by atoms with Crippen molar-refractivity contribution in [3.05, 3.63) is 39.4 Å². The monoisotopic (exact) mass is 227 g/mol. The van der Waals surface area contributed by atoms with Gasteiger partial charge in [0.15, 0.2) is 0 Å². The van der Waals surface area contributed by atoms with Gasteiger partial charge >= 0.3 is 0 Å². The van der Waals surface area contributed by atoms with Gasteiger partial charge in [0.1, 0.15) is 0 Å². The molecule has 0 aliphatic carbocycles. The van der Waals surface area contributed by atoms with Crippen LogP contribution in [0.2, 0.25) is 0 Å². The second kappa shape index (κ2) is 5.12. The Labute approximate surface area is 94.2 Å². The third kappa shape index (κ3) is 2.69. The number of nitro groups is 1. The van der Waals surface area contributed by atoms with Gasteiger partial charge in [-0.05, 0) is 23.5 Å². The highest BCUT2D eigenvalue weighted by Crippen LogP contribution is 2.27. The summed E-state index contributed by atoms with van der Waals surface area (Å²) in [6.45, 7) is 4.18. The molecule has 0 N–H and O–H groups in total. The lowest BCUT2D eigenvalue weighted by Crippen LogP contribution is -1.98. The molecule has 1 aromatic rings. The van der Waals surface area contributed by atoms with Crippen molar-refractivity contribution in [2.24, 2.45) is 0 Å². The Kier molecular flexibility index (Phi) is 4.09. The van der Waals surface area contributed by atoms with Crippen LogP contribution in [0.15, 0.2) is 18.2 Å². The number of alkyl halides is 1. The predicted octanol–water partition coefficient (Wildman–Crippen LogP) is 3.85. The van der Waals surface area contributed by atoms with Crippen molar-refractivity contribution in [1.29, 1.82) is 0 Å². The molecule has 0 saturated heterocycles. The van der Waals surface area contributed by atoms with Crippen LogP contribution in [-0.2, 0) is 5.88 Å². The van der Waals surface area contributed by atoms with E-state index in [2.05, 4.69) is 13.8 Å². The molecule has 4 heteroatoms. The van der Waals surface area contributed by atoms with Gasteiger partial charge in [-0.3, -0.25) is 10.1 Å². The summed E-state index contributed by atoms with van der Waals surface area (Å²) >= 11 is 5.79. The lowest BCUT2D eigenvalue weighted by Gasteiger charge is -2.12. The molecule has 0 aliphatic heterocycles. The summed E-state index contributed by atoms with van der Waals surface area (Å²) in [7, 11) is 0. The van der Waals surface area contributed by atoms with Crippen LogP contribution in [0.4, 0.5) is 5.69 Å². The van der Waals surface area contributed by atoms with Crippen LogP contribution >= 0.6 is 11.6 Å². The molecular weight excluding hydrogens is 214 g/mol. The highest BCUT2D eigenvalue weighted by atomic mass is 35.5. The Hall–Kier alpha value is -1.09. The number of benzene rings is 1. The first-order valence-electron chi connectivity index (χ1n) is 4.93. The second-order valence-electron chi connectivity index (χ2n) is 3.58. The van der Waals surface area contributed by atoms with Crippen LogP contribution in [0.3, 0.4) is 0 Å². The Morgan fingerprint density at radius 1 is 1.53 bits per heavy atom. The molecule has 15 heavy (non-hydrogen) atoms. The normalized spacial score (nSPS) is 12.5. The zero-order valence-corrected chi connectivity index (χ0v) is 9.62. The molecule has 0 fully saturated rings. The van der Waals surface area contributed by atoms with Crippen LogP contribution in [0.25, 0.3) is 0 Å². The maximum atomic E-state index is 10.6. The minimum absolute atomic E-state index is 0.109. The number of nitrogens with zero attached hydrogens (tertiary/aromatic N) is 1. The molecule has 0 bridgehead atoms. The number of rotatable bonds is 4.